The number of amides is 3. The van der Waals surface area contributed by atoms with Crippen LogP contribution in [0.2, 0.25) is 5.02 Å². The van der Waals surface area contributed by atoms with Crippen LogP contribution in [0, 0.1) is 6.92 Å². The van der Waals surface area contributed by atoms with E-state index in [1.165, 1.54) is 16.2 Å². The molecule has 1 fully saturated rings. The van der Waals surface area contributed by atoms with Crippen molar-refractivity contribution in [2.24, 2.45) is 0 Å². The van der Waals surface area contributed by atoms with E-state index < -0.39 is 0 Å². The lowest BCUT2D eigenvalue weighted by atomic mass is 10.2. The number of anilines is 1. The van der Waals surface area contributed by atoms with E-state index in [9.17, 15) is 14.4 Å². The molecule has 3 aromatic rings. The van der Waals surface area contributed by atoms with Crippen LogP contribution < -0.4 is 5.32 Å². The molecule has 1 aromatic heterocycles. The van der Waals surface area contributed by atoms with Crippen molar-refractivity contribution in [1.29, 1.82) is 0 Å². The van der Waals surface area contributed by atoms with Crippen molar-refractivity contribution in [2.75, 3.05) is 5.32 Å². The molecule has 6 nitrogen and oxygen atoms in total. The summed E-state index contributed by atoms with van der Waals surface area (Å²) >= 11 is 7.36. The Kier molecular flexibility index (Phi) is 5.65. The second-order valence-electron chi connectivity index (χ2n) is 6.97. The Balaban J connectivity index is 1.45. The first-order chi connectivity index (χ1) is 14.4. The maximum atomic E-state index is 12.7. The first-order valence-electron chi connectivity index (χ1n) is 9.37. The fourth-order valence-electron chi connectivity index (χ4n) is 3.22. The van der Waals surface area contributed by atoms with Crippen LogP contribution in [0.1, 0.15) is 33.8 Å². The Labute approximate surface area is 182 Å². The second-order valence-corrected chi connectivity index (χ2v) is 8.40. The number of halogens is 1. The minimum atomic E-state index is -0.240. The first kappa shape index (κ1) is 20.3. The molecule has 3 amide bonds. The van der Waals surface area contributed by atoms with Crippen molar-refractivity contribution < 1.29 is 14.4 Å². The summed E-state index contributed by atoms with van der Waals surface area (Å²) in [5.41, 5.74) is 2.97. The van der Waals surface area contributed by atoms with Gasteiger partial charge in [0.05, 0.1) is 12.2 Å². The van der Waals surface area contributed by atoms with E-state index in [0.29, 0.717) is 21.3 Å². The fourth-order valence-corrected chi connectivity index (χ4v) is 4.36. The Morgan fingerprint density at radius 3 is 2.50 bits per heavy atom. The summed E-state index contributed by atoms with van der Waals surface area (Å²) in [6.45, 7) is 2.05. The van der Waals surface area contributed by atoms with E-state index in [1.54, 1.807) is 37.3 Å². The second kappa shape index (κ2) is 8.38. The van der Waals surface area contributed by atoms with E-state index in [-0.39, 0.29) is 37.1 Å². The standard InChI is InChI=1S/C22H18ClN3O3S/c1-13-20(30-22(24-13)15-3-2-4-16(23)11-15)21(29)25-17-7-5-14(6-8-17)12-26-18(27)9-10-19(26)28/h2-8,11H,9-10,12H2,1H3,(H,25,29). The number of imide groups is 1. The quantitative estimate of drug-likeness (QED) is 0.586. The number of aromatic nitrogens is 1. The van der Waals surface area contributed by atoms with Crippen molar-refractivity contribution in [3.63, 3.8) is 0 Å². The summed E-state index contributed by atoms with van der Waals surface area (Å²) < 4.78 is 0. The van der Waals surface area contributed by atoms with Gasteiger partial charge in [0.1, 0.15) is 9.88 Å². The topological polar surface area (TPSA) is 79.4 Å². The maximum absolute atomic E-state index is 12.7. The highest BCUT2D eigenvalue weighted by Crippen LogP contribution is 2.30. The van der Waals surface area contributed by atoms with Gasteiger partial charge >= 0.3 is 0 Å². The van der Waals surface area contributed by atoms with Gasteiger partial charge < -0.3 is 5.32 Å². The third-order valence-electron chi connectivity index (χ3n) is 4.78. The molecule has 0 unspecified atom stereocenters. The van der Waals surface area contributed by atoms with Crippen LogP contribution in [0.15, 0.2) is 48.5 Å². The van der Waals surface area contributed by atoms with Gasteiger partial charge in [0, 0.05) is 29.1 Å². The van der Waals surface area contributed by atoms with Crippen LogP contribution in [0.25, 0.3) is 10.6 Å². The molecule has 0 radical (unpaired) electrons. The van der Waals surface area contributed by atoms with Gasteiger partial charge in [-0.2, -0.15) is 0 Å². The number of benzene rings is 2. The van der Waals surface area contributed by atoms with Gasteiger partial charge in [0.2, 0.25) is 11.8 Å². The maximum Gasteiger partial charge on any atom is 0.267 e. The zero-order valence-corrected chi connectivity index (χ0v) is 17.7. The lowest BCUT2D eigenvalue weighted by molar-refractivity contribution is -0.139. The third kappa shape index (κ3) is 4.27. The SMILES string of the molecule is Cc1nc(-c2cccc(Cl)c2)sc1C(=O)Nc1ccc(CN2C(=O)CCC2=O)cc1. The highest BCUT2D eigenvalue weighted by Gasteiger charge is 2.28. The fraction of sp³-hybridized carbons (Fsp3) is 0.182. The van der Waals surface area contributed by atoms with Gasteiger partial charge in [-0.15, -0.1) is 11.3 Å². The van der Waals surface area contributed by atoms with Crippen molar-refractivity contribution in [3.8, 4) is 10.6 Å². The minimum Gasteiger partial charge on any atom is -0.321 e. The number of nitrogens with zero attached hydrogens (tertiary/aromatic N) is 2. The zero-order chi connectivity index (χ0) is 21.3. The van der Waals surface area contributed by atoms with E-state index in [0.717, 1.165) is 16.1 Å². The smallest absolute Gasteiger partial charge is 0.267 e. The predicted octanol–water partition coefficient (Wildman–Crippen LogP) is 4.67. The number of thiazole rings is 1. The monoisotopic (exact) mass is 439 g/mol. The number of hydrogen-bond donors (Lipinski definition) is 1. The van der Waals surface area contributed by atoms with Crippen molar-refractivity contribution in [1.82, 2.24) is 9.88 Å². The molecule has 4 rings (SSSR count). The number of hydrogen-bond acceptors (Lipinski definition) is 5. The summed E-state index contributed by atoms with van der Waals surface area (Å²) in [5.74, 6) is -0.530. The Hall–Kier alpha value is -3.03. The van der Waals surface area contributed by atoms with Crippen molar-refractivity contribution in [3.05, 3.63) is 69.7 Å². The normalized spacial score (nSPS) is 13.7. The Morgan fingerprint density at radius 1 is 1.13 bits per heavy atom. The number of carbonyl (C=O) groups excluding carboxylic acids is 3. The van der Waals surface area contributed by atoms with Gasteiger partial charge in [-0.3, -0.25) is 19.3 Å². The molecule has 1 N–H and O–H groups in total. The molecule has 2 aromatic carbocycles. The van der Waals surface area contributed by atoms with Gasteiger partial charge in [-0.05, 0) is 36.8 Å². The van der Waals surface area contributed by atoms with Crippen LogP contribution >= 0.6 is 22.9 Å². The van der Waals surface area contributed by atoms with Gasteiger partial charge in [0.25, 0.3) is 5.91 Å². The number of likely N-dealkylation sites (tertiary alicyclic amines) is 1. The predicted molar refractivity (Wildman–Crippen MR) is 116 cm³/mol. The van der Waals surface area contributed by atoms with E-state index in [1.807, 2.05) is 18.2 Å². The molecule has 1 aliphatic heterocycles. The van der Waals surface area contributed by atoms with E-state index in [2.05, 4.69) is 10.3 Å². The number of carbonyl (C=O) groups is 3. The number of nitrogens with one attached hydrogen (secondary N) is 1. The molecule has 152 valence electrons. The van der Waals surface area contributed by atoms with Crippen LogP contribution in [-0.2, 0) is 16.1 Å². The van der Waals surface area contributed by atoms with E-state index in [4.69, 9.17) is 11.6 Å². The van der Waals surface area contributed by atoms with Crippen LogP contribution in [-0.4, -0.2) is 27.6 Å². The van der Waals surface area contributed by atoms with Crippen molar-refractivity contribution >= 4 is 46.3 Å². The minimum absolute atomic E-state index is 0.145. The molecule has 1 saturated heterocycles. The van der Waals surface area contributed by atoms with Crippen LogP contribution in [0.5, 0.6) is 0 Å². The average Bonchev–Trinajstić information content (AvgIpc) is 3.27. The molecule has 8 heteroatoms. The summed E-state index contributed by atoms with van der Waals surface area (Å²) in [6, 6.07) is 14.5. The third-order valence-corrected chi connectivity index (χ3v) is 6.22. The molecular weight excluding hydrogens is 422 g/mol. The molecule has 0 aliphatic carbocycles. The summed E-state index contributed by atoms with van der Waals surface area (Å²) in [4.78, 5) is 42.5. The molecule has 0 atom stereocenters. The lowest BCUT2D eigenvalue weighted by Gasteiger charge is -2.14. The summed E-state index contributed by atoms with van der Waals surface area (Å²) in [6.07, 6.45) is 0.552. The number of rotatable bonds is 5. The van der Waals surface area contributed by atoms with Crippen molar-refractivity contribution in [2.45, 2.75) is 26.3 Å². The molecule has 30 heavy (non-hydrogen) atoms. The Bertz CT molecular complexity index is 1120. The average molecular weight is 440 g/mol. The van der Waals surface area contributed by atoms with Gasteiger partial charge in [-0.25, -0.2) is 4.98 Å². The molecule has 0 saturated carbocycles. The number of aryl methyl sites for hydroxylation is 1. The molecule has 2 heterocycles. The largest absolute Gasteiger partial charge is 0.321 e. The van der Waals surface area contributed by atoms with E-state index >= 15 is 0 Å². The molecular formula is C22H18ClN3O3S. The molecule has 0 spiro atoms. The summed E-state index contributed by atoms with van der Waals surface area (Å²) in [7, 11) is 0. The van der Waals surface area contributed by atoms with Gasteiger partial charge in [0.15, 0.2) is 0 Å². The molecule has 1 aliphatic rings. The van der Waals surface area contributed by atoms with Crippen LogP contribution in [0.3, 0.4) is 0 Å². The Morgan fingerprint density at radius 2 is 1.83 bits per heavy atom. The zero-order valence-electron chi connectivity index (χ0n) is 16.1. The van der Waals surface area contributed by atoms with Crippen LogP contribution in [0.4, 0.5) is 5.69 Å². The van der Waals surface area contributed by atoms with Gasteiger partial charge in [-0.1, -0.05) is 35.9 Å². The lowest BCUT2D eigenvalue weighted by Crippen LogP contribution is -2.28. The first-order valence-corrected chi connectivity index (χ1v) is 10.6. The molecule has 0 bridgehead atoms. The highest BCUT2D eigenvalue weighted by atomic mass is 35.5. The summed E-state index contributed by atoms with van der Waals surface area (Å²) in [5, 5.41) is 4.22. The highest BCUT2D eigenvalue weighted by molar-refractivity contribution is 7.17.